The molecule has 5 atom stereocenters. The summed E-state index contributed by atoms with van der Waals surface area (Å²) in [6.45, 7) is 0. The molecule has 170 valence electrons. The summed E-state index contributed by atoms with van der Waals surface area (Å²) in [7, 11) is 1.98. The third kappa shape index (κ3) is 4.08. The van der Waals surface area contributed by atoms with Gasteiger partial charge in [0.05, 0.1) is 5.69 Å². The first-order valence-corrected chi connectivity index (χ1v) is 10.9. The smallest absolute Gasteiger partial charge is 0.466 e. The van der Waals surface area contributed by atoms with Crippen molar-refractivity contribution in [2.45, 2.75) is 56.4 Å². The van der Waals surface area contributed by atoms with Gasteiger partial charge in [0.1, 0.15) is 19.3 Å². The molecule has 0 aliphatic carbocycles. The zero-order valence-corrected chi connectivity index (χ0v) is 18.7. The summed E-state index contributed by atoms with van der Waals surface area (Å²) in [5, 5.41) is 13.8. The Bertz CT molecular complexity index is 999. The lowest BCUT2D eigenvalue weighted by atomic mass is 9.99. The first kappa shape index (κ1) is 22.6. The van der Waals surface area contributed by atoms with Crippen LogP contribution in [0.5, 0.6) is 0 Å². The molecule has 3 aliphatic rings. The molecule has 5 rings (SSSR count). The van der Waals surface area contributed by atoms with E-state index in [-0.39, 0.29) is 47.8 Å². The minimum Gasteiger partial charge on any atom is -0.550 e. The van der Waals surface area contributed by atoms with E-state index in [0.717, 1.165) is 36.0 Å². The number of aryl methyl sites for hydroxylation is 1. The van der Waals surface area contributed by atoms with Crippen molar-refractivity contribution in [2.75, 3.05) is 12.4 Å². The molecule has 0 aromatic heterocycles. The SMILES string of the molecule is C[N+]1(OC(=O)Nc2cc(CCC(=O)[O-])ccc2-c2ccccc2)[C@@H]2CCC[C@H]1[C@@H]1O[C@@H]12.Cl. The molecule has 0 spiro atoms. The number of rotatable bonds is 6. The number of fused-ring (bicyclic) bond motifs is 5. The van der Waals surface area contributed by atoms with Crippen LogP contribution < -0.4 is 10.4 Å². The highest BCUT2D eigenvalue weighted by Crippen LogP contribution is 2.52. The number of epoxide rings is 1. The van der Waals surface area contributed by atoms with Crippen LogP contribution in [0.2, 0.25) is 0 Å². The van der Waals surface area contributed by atoms with Gasteiger partial charge < -0.3 is 14.6 Å². The maximum Gasteiger partial charge on any atom is 0.466 e. The Labute approximate surface area is 193 Å². The lowest BCUT2D eigenvalue weighted by molar-refractivity contribution is -1.11. The number of anilines is 1. The summed E-state index contributed by atoms with van der Waals surface area (Å²) >= 11 is 0. The molecule has 2 aromatic carbocycles. The number of amides is 1. The van der Waals surface area contributed by atoms with E-state index in [4.69, 9.17) is 9.57 Å². The number of hydrogen-bond donors (Lipinski definition) is 1. The third-order valence-corrected chi connectivity index (χ3v) is 6.94. The van der Waals surface area contributed by atoms with E-state index in [9.17, 15) is 14.7 Å². The fourth-order valence-corrected chi connectivity index (χ4v) is 5.38. The molecule has 7 nitrogen and oxygen atoms in total. The first-order valence-electron chi connectivity index (χ1n) is 10.9. The topological polar surface area (TPSA) is 91.0 Å². The molecule has 3 fully saturated rings. The quantitative estimate of drug-likeness (QED) is 0.530. The van der Waals surface area contributed by atoms with Crippen LogP contribution in [0.3, 0.4) is 0 Å². The summed E-state index contributed by atoms with van der Waals surface area (Å²) < 4.78 is 6.04. The van der Waals surface area contributed by atoms with Gasteiger partial charge >= 0.3 is 6.09 Å². The Morgan fingerprint density at radius 1 is 1.12 bits per heavy atom. The number of carboxylic acids is 1. The fraction of sp³-hybridized carbons (Fsp3) is 0.417. The summed E-state index contributed by atoms with van der Waals surface area (Å²) in [6.07, 6.45) is 3.30. The van der Waals surface area contributed by atoms with Crippen LogP contribution in [-0.4, -0.2) is 48.0 Å². The van der Waals surface area contributed by atoms with E-state index in [0.29, 0.717) is 12.1 Å². The normalized spacial score (nSPS) is 29.4. The number of halogens is 1. The van der Waals surface area contributed by atoms with Gasteiger partial charge in [-0.05, 0) is 36.5 Å². The van der Waals surface area contributed by atoms with Crippen LogP contribution in [0, 0.1) is 0 Å². The van der Waals surface area contributed by atoms with Crippen LogP contribution in [0.25, 0.3) is 11.1 Å². The molecule has 1 amide bonds. The van der Waals surface area contributed by atoms with Crippen LogP contribution in [-0.2, 0) is 20.8 Å². The Hall–Kier alpha value is -2.61. The Kier molecular flexibility index (Phi) is 6.16. The highest BCUT2D eigenvalue weighted by atomic mass is 35.5. The van der Waals surface area contributed by atoms with Crippen molar-refractivity contribution in [3.05, 3.63) is 54.1 Å². The first-order chi connectivity index (χ1) is 15.0. The largest absolute Gasteiger partial charge is 0.550 e. The van der Waals surface area contributed by atoms with Crippen molar-refractivity contribution in [3.63, 3.8) is 0 Å². The van der Waals surface area contributed by atoms with Gasteiger partial charge in [-0.25, -0.2) is 4.79 Å². The van der Waals surface area contributed by atoms with E-state index >= 15 is 0 Å². The lowest BCUT2D eigenvalue weighted by Gasteiger charge is -2.41. The van der Waals surface area contributed by atoms with Gasteiger partial charge in [0, 0.05) is 24.4 Å². The minimum absolute atomic E-state index is 0. The summed E-state index contributed by atoms with van der Waals surface area (Å²) in [5.74, 6) is -1.10. The Morgan fingerprint density at radius 3 is 2.47 bits per heavy atom. The van der Waals surface area contributed by atoms with Crippen molar-refractivity contribution >= 4 is 30.2 Å². The molecule has 3 saturated heterocycles. The molecule has 2 bridgehead atoms. The number of morpholine rings is 1. The lowest BCUT2D eigenvalue weighted by Crippen LogP contribution is -2.60. The molecule has 8 heteroatoms. The van der Waals surface area contributed by atoms with E-state index in [1.54, 1.807) is 0 Å². The highest BCUT2D eigenvalue weighted by Gasteiger charge is 2.73. The van der Waals surface area contributed by atoms with Crippen molar-refractivity contribution in [3.8, 4) is 11.1 Å². The van der Waals surface area contributed by atoms with Gasteiger partial charge in [-0.1, -0.05) is 42.5 Å². The molecule has 0 radical (unpaired) electrons. The number of likely N-dealkylation sites (N-methyl/N-ethyl adjacent to an activating group) is 1. The Morgan fingerprint density at radius 2 is 1.81 bits per heavy atom. The maximum absolute atomic E-state index is 13.0. The van der Waals surface area contributed by atoms with Gasteiger partial charge in [-0.15, -0.1) is 17.1 Å². The maximum atomic E-state index is 13.0. The van der Waals surface area contributed by atoms with E-state index in [1.807, 2.05) is 55.6 Å². The van der Waals surface area contributed by atoms with Crippen LogP contribution in [0.4, 0.5) is 10.5 Å². The standard InChI is InChI=1S/C24H26N2O5.ClH/c1-26(19-8-5-9-20(26)23-22(19)30-23)31-24(29)25-18-14-15(11-13-21(27)28)10-12-17(18)16-6-3-2-4-7-16;/h2-4,6-7,10,12,14,19-20,22-23H,5,8-9,11,13H2,1H3,(H-,25,27,28,29);1H/t19-,20+,22-,23+,26?;. The summed E-state index contributed by atoms with van der Waals surface area (Å²) in [5.41, 5.74) is 3.22. The number of carboxylic acid groups (broad SMARTS) is 1. The molecule has 0 saturated carbocycles. The number of hydrogen-bond acceptors (Lipinski definition) is 5. The number of quaternary nitrogens is 1. The van der Waals surface area contributed by atoms with Gasteiger partial charge in [-0.2, -0.15) is 0 Å². The number of carbonyl (C=O) groups excluding carboxylic acids is 2. The molecule has 32 heavy (non-hydrogen) atoms. The second kappa shape index (κ2) is 8.73. The number of aliphatic carboxylic acids is 1. The second-order valence-electron chi connectivity index (χ2n) is 8.81. The van der Waals surface area contributed by atoms with Gasteiger partial charge in [0.25, 0.3) is 0 Å². The molecule has 3 heterocycles. The van der Waals surface area contributed by atoms with Crippen molar-refractivity contribution in [1.82, 2.24) is 0 Å². The highest BCUT2D eigenvalue weighted by molar-refractivity contribution is 5.91. The molecule has 3 aliphatic heterocycles. The molecular formula is C24H27ClN2O5. The zero-order valence-electron chi connectivity index (χ0n) is 17.9. The van der Waals surface area contributed by atoms with Gasteiger partial charge in [-0.3, -0.25) is 10.2 Å². The molecular weight excluding hydrogens is 432 g/mol. The Balaban J connectivity index is 0.00000245. The van der Waals surface area contributed by atoms with E-state index < -0.39 is 12.1 Å². The van der Waals surface area contributed by atoms with E-state index in [2.05, 4.69) is 5.32 Å². The number of nitrogens with zero attached hydrogens (tertiary/aromatic N) is 1. The van der Waals surface area contributed by atoms with Crippen LogP contribution in [0.1, 0.15) is 31.2 Å². The van der Waals surface area contributed by atoms with E-state index in [1.165, 1.54) is 0 Å². The minimum atomic E-state index is -1.10. The predicted octanol–water partition coefficient (Wildman–Crippen LogP) is 3.07. The number of benzene rings is 2. The van der Waals surface area contributed by atoms with Crippen LogP contribution >= 0.6 is 12.4 Å². The third-order valence-electron chi connectivity index (χ3n) is 6.94. The van der Waals surface area contributed by atoms with Gasteiger partial charge in [0.15, 0.2) is 12.1 Å². The number of nitrogens with one attached hydrogen (secondary N) is 1. The van der Waals surface area contributed by atoms with Gasteiger partial charge in [0.2, 0.25) is 0 Å². The monoisotopic (exact) mass is 458 g/mol. The van der Waals surface area contributed by atoms with Crippen molar-refractivity contribution < 1.29 is 28.9 Å². The number of hydroxylamine groups is 3. The number of ether oxygens (including phenoxy) is 1. The average molecular weight is 459 g/mol. The zero-order chi connectivity index (χ0) is 21.6. The summed E-state index contributed by atoms with van der Waals surface area (Å²) in [4.78, 5) is 29.9. The fourth-order valence-electron chi connectivity index (χ4n) is 5.38. The summed E-state index contributed by atoms with van der Waals surface area (Å²) in [6, 6.07) is 15.7. The molecule has 1 unspecified atom stereocenters. The number of carbonyl (C=O) groups is 2. The molecule has 2 aromatic rings. The number of piperidine rings is 1. The van der Waals surface area contributed by atoms with Crippen molar-refractivity contribution in [1.29, 1.82) is 0 Å². The average Bonchev–Trinajstić information content (AvgIpc) is 3.50. The van der Waals surface area contributed by atoms with Crippen LogP contribution in [0.15, 0.2) is 48.5 Å². The predicted molar refractivity (Wildman–Crippen MR) is 119 cm³/mol. The second-order valence-corrected chi connectivity index (χ2v) is 8.81. The molecule has 1 N–H and O–H groups in total. The van der Waals surface area contributed by atoms with Crippen molar-refractivity contribution in [2.24, 2.45) is 0 Å².